The van der Waals surface area contributed by atoms with E-state index < -0.39 is 0 Å². The summed E-state index contributed by atoms with van der Waals surface area (Å²) in [6.45, 7) is 6.03. The number of methoxy groups -OCH3 is 1. The number of hydrogen-bond donors (Lipinski definition) is 1. The number of nitrogens with zero attached hydrogens (tertiary/aromatic N) is 3. The molecule has 1 aliphatic rings. The molecule has 134 valence electrons. The molecule has 0 radical (unpaired) electrons. The van der Waals surface area contributed by atoms with Gasteiger partial charge in [0.2, 0.25) is 0 Å². The largest absolute Gasteiger partial charge is 0.497 e. The highest BCUT2D eigenvalue weighted by atomic mass is 16.5. The highest BCUT2D eigenvalue weighted by Crippen LogP contribution is 2.30. The average molecular weight is 344 g/mol. The van der Waals surface area contributed by atoms with Crippen LogP contribution in [-0.2, 0) is 0 Å². The second kappa shape index (κ2) is 7.14. The average Bonchev–Trinajstić information content (AvgIpc) is 2.89. The van der Waals surface area contributed by atoms with Crippen molar-refractivity contribution in [3.63, 3.8) is 0 Å². The van der Waals surface area contributed by atoms with Crippen LogP contribution in [0.2, 0.25) is 0 Å². The zero-order valence-electron chi connectivity index (χ0n) is 14.9. The minimum atomic E-state index is -0.0487. The van der Waals surface area contributed by atoms with Crippen LogP contribution in [0.15, 0.2) is 24.3 Å². The number of aromatic nitrogens is 2. The van der Waals surface area contributed by atoms with Gasteiger partial charge in [0.25, 0.3) is 5.91 Å². The summed E-state index contributed by atoms with van der Waals surface area (Å²) in [5.41, 5.74) is 8.15. The smallest absolute Gasteiger partial charge is 0.257 e. The van der Waals surface area contributed by atoms with Crippen molar-refractivity contribution in [2.75, 3.05) is 33.4 Å². The topological polar surface area (TPSA) is 82.6 Å². The van der Waals surface area contributed by atoms with Crippen molar-refractivity contribution in [3.8, 4) is 11.5 Å². The molecule has 0 atom stereocenters. The normalized spacial score (nSPS) is 14.3. The lowest BCUT2D eigenvalue weighted by molar-refractivity contribution is 0.0493. The van der Waals surface area contributed by atoms with Gasteiger partial charge in [-0.05, 0) is 32.0 Å². The van der Waals surface area contributed by atoms with Gasteiger partial charge >= 0.3 is 0 Å². The highest BCUT2D eigenvalue weighted by Gasteiger charge is 2.34. The second-order valence-corrected chi connectivity index (χ2v) is 6.23. The van der Waals surface area contributed by atoms with Gasteiger partial charge in [-0.1, -0.05) is 0 Å². The number of nitrogens with two attached hydrogens (primary N) is 1. The molecule has 3 rings (SSSR count). The van der Waals surface area contributed by atoms with Crippen molar-refractivity contribution in [1.29, 1.82) is 0 Å². The van der Waals surface area contributed by atoms with Crippen molar-refractivity contribution in [2.45, 2.75) is 19.9 Å². The van der Waals surface area contributed by atoms with E-state index in [1.165, 1.54) is 0 Å². The second-order valence-electron chi connectivity index (χ2n) is 6.23. The predicted octanol–water partition coefficient (Wildman–Crippen LogP) is 1.54. The van der Waals surface area contributed by atoms with Crippen LogP contribution in [0.3, 0.4) is 0 Å². The van der Waals surface area contributed by atoms with Gasteiger partial charge < -0.3 is 20.1 Å². The maximum Gasteiger partial charge on any atom is 0.257 e. The van der Waals surface area contributed by atoms with Gasteiger partial charge in [-0.25, -0.2) is 0 Å². The van der Waals surface area contributed by atoms with Gasteiger partial charge in [-0.3, -0.25) is 9.48 Å². The highest BCUT2D eigenvalue weighted by molar-refractivity contribution is 5.97. The lowest BCUT2D eigenvalue weighted by Crippen LogP contribution is -2.51. The minimum absolute atomic E-state index is 0.0487. The Balaban J connectivity index is 1.72. The molecule has 2 heterocycles. The van der Waals surface area contributed by atoms with E-state index in [0.29, 0.717) is 43.3 Å². The third kappa shape index (κ3) is 3.46. The number of rotatable bonds is 6. The number of carbonyl (C=O) groups is 1. The van der Waals surface area contributed by atoms with Gasteiger partial charge in [0.1, 0.15) is 18.1 Å². The number of hydrogen-bond acceptors (Lipinski definition) is 5. The molecule has 0 bridgehead atoms. The van der Waals surface area contributed by atoms with E-state index in [0.717, 1.165) is 11.4 Å². The molecule has 7 nitrogen and oxygen atoms in total. The van der Waals surface area contributed by atoms with Crippen LogP contribution >= 0.6 is 0 Å². The Bertz CT molecular complexity index is 766. The first-order valence-electron chi connectivity index (χ1n) is 8.36. The first-order valence-corrected chi connectivity index (χ1v) is 8.36. The van der Waals surface area contributed by atoms with E-state index in [1.807, 2.05) is 24.6 Å². The van der Waals surface area contributed by atoms with Crippen LogP contribution in [0.1, 0.15) is 27.8 Å². The summed E-state index contributed by atoms with van der Waals surface area (Å²) >= 11 is 0. The maximum absolute atomic E-state index is 12.8. The van der Waals surface area contributed by atoms with Crippen LogP contribution in [0.5, 0.6) is 11.5 Å². The SMILES string of the molecule is COc1ccc(C(=O)N2CC(n3nc(C)cc3C)C2)c(OCCN)c1. The molecule has 1 saturated heterocycles. The Morgan fingerprint density at radius 1 is 1.32 bits per heavy atom. The number of aryl methyl sites for hydroxylation is 2. The summed E-state index contributed by atoms with van der Waals surface area (Å²) in [5, 5.41) is 4.50. The fourth-order valence-electron chi connectivity index (χ4n) is 3.06. The standard InChI is InChI=1S/C18H24N4O3/c1-12-8-13(2)22(20-12)14-10-21(11-14)18(23)16-5-4-15(24-3)9-17(16)25-7-6-19/h4-5,8-9,14H,6-7,10-11,19H2,1-3H3. The van der Waals surface area contributed by atoms with Crippen LogP contribution in [-0.4, -0.2) is 53.9 Å². The Morgan fingerprint density at radius 3 is 2.68 bits per heavy atom. The summed E-state index contributed by atoms with van der Waals surface area (Å²) in [6.07, 6.45) is 0. The third-order valence-corrected chi connectivity index (χ3v) is 4.33. The van der Waals surface area contributed by atoms with E-state index >= 15 is 0 Å². The summed E-state index contributed by atoms with van der Waals surface area (Å²) in [6, 6.07) is 7.50. The van der Waals surface area contributed by atoms with Crippen LogP contribution in [0.25, 0.3) is 0 Å². The van der Waals surface area contributed by atoms with E-state index in [2.05, 4.69) is 5.10 Å². The summed E-state index contributed by atoms with van der Waals surface area (Å²) in [5.74, 6) is 1.10. The van der Waals surface area contributed by atoms with Crippen LogP contribution < -0.4 is 15.2 Å². The van der Waals surface area contributed by atoms with Gasteiger partial charge in [-0.15, -0.1) is 0 Å². The fraction of sp³-hybridized carbons (Fsp3) is 0.444. The number of ether oxygens (including phenoxy) is 2. The van der Waals surface area contributed by atoms with Crippen molar-refractivity contribution < 1.29 is 14.3 Å². The van der Waals surface area contributed by atoms with Crippen LogP contribution in [0.4, 0.5) is 0 Å². The van der Waals surface area contributed by atoms with Crippen molar-refractivity contribution in [1.82, 2.24) is 14.7 Å². The molecule has 2 N–H and O–H groups in total. The molecule has 1 aromatic heterocycles. The molecule has 25 heavy (non-hydrogen) atoms. The summed E-state index contributed by atoms with van der Waals surface area (Å²) < 4.78 is 12.8. The van der Waals surface area contributed by atoms with E-state index in [9.17, 15) is 4.79 Å². The summed E-state index contributed by atoms with van der Waals surface area (Å²) in [7, 11) is 1.58. The lowest BCUT2D eigenvalue weighted by atomic mass is 10.1. The van der Waals surface area contributed by atoms with Gasteiger partial charge in [0, 0.05) is 31.4 Å². The third-order valence-electron chi connectivity index (χ3n) is 4.33. The summed E-state index contributed by atoms with van der Waals surface area (Å²) in [4.78, 5) is 14.6. The Kier molecular flexibility index (Phi) is 4.94. The molecule has 1 amide bonds. The molecule has 0 aliphatic carbocycles. The maximum atomic E-state index is 12.8. The first-order chi connectivity index (χ1) is 12.0. The quantitative estimate of drug-likeness (QED) is 0.859. The monoisotopic (exact) mass is 344 g/mol. The zero-order valence-corrected chi connectivity index (χ0v) is 14.9. The molecule has 0 saturated carbocycles. The van der Waals surface area contributed by atoms with Gasteiger partial charge in [0.05, 0.1) is 24.4 Å². The number of carbonyl (C=O) groups excluding carboxylic acids is 1. The number of likely N-dealkylation sites (tertiary alicyclic amines) is 1. The van der Waals surface area contributed by atoms with E-state index in [4.69, 9.17) is 15.2 Å². The first kappa shape index (κ1) is 17.3. The van der Waals surface area contributed by atoms with Crippen LogP contribution in [0, 0.1) is 13.8 Å². The molecule has 0 spiro atoms. The van der Waals surface area contributed by atoms with Gasteiger partial charge in [-0.2, -0.15) is 5.10 Å². The molecular formula is C18H24N4O3. The molecular weight excluding hydrogens is 320 g/mol. The minimum Gasteiger partial charge on any atom is -0.497 e. The molecule has 1 aromatic carbocycles. The van der Waals surface area contributed by atoms with Crippen molar-refractivity contribution in [3.05, 3.63) is 41.2 Å². The Labute approximate surface area is 147 Å². The lowest BCUT2D eigenvalue weighted by Gasteiger charge is -2.40. The molecule has 2 aromatic rings. The number of amides is 1. The van der Waals surface area contributed by atoms with Gasteiger partial charge in [0.15, 0.2) is 0 Å². The van der Waals surface area contributed by atoms with Crippen molar-refractivity contribution >= 4 is 5.91 Å². The molecule has 1 fully saturated rings. The van der Waals surface area contributed by atoms with E-state index in [-0.39, 0.29) is 11.9 Å². The molecule has 0 unspecified atom stereocenters. The Hall–Kier alpha value is -2.54. The predicted molar refractivity (Wildman–Crippen MR) is 94.2 cm³/mol. The fourth-order valence-corrected chi connectivity index (χ4v) is 3.06. The van der Waals surface area contributed by atoms with Crippen molar-refractivity contribution in [2.24, 2.45) is 5.73 Å². The Morgan fingerprint density at radius 2 is 2.08 bits per heavy atom. The number of benzene rings is 1. The zero-order chi connectivity index (χ0) is 18.0. The molecule has 7 heteroatoms. The van der Waals surface area contributed by atoms with E-state index in [1.54, 1.807) is 30.2 Å². The molecule has 1 aliphatic heterocycles.